The fraction of sp³-hybridized carbons (Fsp3) is 0.684. The summed E-state index contributed by atoms with van der Waals surface area (Å²) in [5.74, 6) is -5.38. The first-order valence-electron chi connectivity index (χ1n) is 9.85. The molecule has 1 aliphatic rings. The third-order valence-corrected chi connectivity index (χ3v) is 4.31. The second-order valence-electron chi connectivity index (χ2n) is 6.94. The van der Waals surface area contributed by atoms with E-state index in [2.05, 4.69) is 10.6 Å². The molecule has 14 heteroatoms. The Morgan fingerprint density at radius 2 is 1.52 bits per heavy atom. The van der Waals surface area contributed by atoms with Gasteiger partial charge < -0.3 is 39.1 Å². The maximum atomic E-state index is 11.9. The molecule has 186 valence electrons. The SMILES string of the molecule is CC(=O)OCCNC(=S)N[C@@H]1[C@@H](OC(C)=O)[C@@H](OC(C)=O)CO[C@]1(COC(C)=O)OC(C)=O. The summed E-state index contributed by atoms with van der Waals surface area (Å²) >= 11 is 5.24. The predicted octanol–water partition coefficient (Wildman–Crippen LogP) is -0.902. The lowest BCUT2D eigenvalue weighted by Crippen LogP contribution is -2.72. The minimum Gasteiger partial charge on any atom is -0.464 e. The Morgan fingerprint density at radius 1 is 0.909 bits per heavy atom. The van der Waals surface area contributed by atoms with Gasteiger partial charge in [0.15, 0.2) is 23.9 Å². The summed E-state index contributed by atoms with van der Waals surface area (Å²) in [5, 5.41) is 5.53. The maximum Gasteiger partial charge on any atom is 0.305 e. The van der Waals surface area contributed by atoms with E-state index >= 15 is 0 Å². The van der Waals surface area contributed by atoms with Crippen LogP contribution in [-0.4, -0.2) is 85.4 Å². The predicted molar refractivity (Wildman–Crippen MR) is 112 cm³/mol. The van der Waals surface area contributed by atoms with Crippen molar-refractivity contribution in [2.24, 2.45) is 0 Å². The number of hydrogen-bond acceptors (Lipinski definition) is 12. The number of esters is 5. The summed E-state index contributed by atoms with van der Waals surface area (Å²) in [6.45, 7) is 4.96. The summed E-state index contributed by atoms with van der Waals surface area (Å²) in [4.78, 5) is 57.7. The number of hydrogen-bond donors (Lipinski definition) is 2. The molecule has 4 atom stereocenters. The summed E-state index contributed by atoms with van der Waals surface area (Å²) in [6, 6.07) is -1.28. The van der Waals surface area contributed by atoms with Crippen LogP contribution in [0.4, 0.5) is 0 Å². The zero-order chi connectivity index (χ0) is 25.2. The van der Waals surface area contributed by atoms with Gasteiger partial charge in [-0.3, -0.25) is 24.0 Å². The first kappa shape index (κ1) is 28.0. The molecule has 1 fully saturated rings. The third-order valence-electron chi connectivity index (χ3n) is 4.05. The molecule has 13 nitrogen and oxygen atoms in total. The van der Waals surface area contributed by atoms with E-state index in [0.29, 0.717) is 0 Å². The van der Waals surface area contributed by atoms with E-state index in [1.54, 1.807) is 0 Å². The van der Waals surface area contributed by atoms with Gasteiger partial charge in [0.25, 0.3) is 5.79 Å². The average Bonchev–Trinajstić information content (AvgIpc) is 2.67. The van der Waals surface area contributed by atoms with E-state index in [0.717, 1.165) is 27.7 Å². The lowest BCUT2D eigenvalue weighted by molar-refractivity contribution is -0.306. The molecule has 0 amide bonds. The van der Waals surface area contributed by atoms with Crippen molar-refractivity contribution < 1.29 is 52.4 Å². The van der Waals surface area contributed by atoms with Crippen molar-refractivity contribution in [2.45, 2.75) is 58.7 Å². The fourth-order valence-corrected chi connectivity index (χ4v) is 3.19. The van der Waals surface area contributed by atoms with Crippen LogP contribution >= 0.6 is 12.2 Å². The van der Waals surface area contributed by atoms with Crippen molar-refractivity contribution in [2.75, 3.05) is 26.4 Å². The highest BCUT2D eigenvalue weighted by Crippen LogP contribution is 2.32. The number of thiocarbonyl (C=S) groups is 1. The van der Waals surface area contributed by atoms with Gasteiger partial charge in [-0.1, -0.05) is 0 Å². The molecule has 0 aromatic rings. The van der Waals surface area contributed by atoms with Gasteiger partial charge in [-0.15, -0.1) is 0 Å². The van der Waals surface area contributed by atoms with Gasteiger partial charge in [-0.2, -0.15) is 0 Å². The molecule has 1 rings (SSSR count). The minimum atomic E-state index is -1.99. The third kappa shape index (κ3) is 9.57. The van der Waals surface area contributed by atoms with Crippen molar-refractivity contribution in [1.29, 1.82) is 0 Å². The highest BCUT2D eigenvalue weighted by molar-refractivity contribution is 7.80. The Bertz CT molecular complexity index is 775. The molecule has 0 aliphatic carbocycles. The number of ether oxygens (including phenoxy) is 6. The van der Waals surface area contributed by atoms with Gasteiger partial charge in [0.05, 0.1) is 13.2 Å². The van der Waals surface area contributed by atoms with Crippen LogP contribution in [0.3, 0.4) is 0 Å². The van der Waals surface area contributed by atoms with E-state index in [1.165, 1.54) is 6.92 Å². The molecule has 1 saturated heterocycles. The van der Waals surface area contributed by atoms with Gasteiger partial charge >= 0.3 is 29.8 Å². The maximum absolute atomic E-state index is 11.9. The molecular weight excluding hydrogens is 464 g/mol. The van der Waals surface area contributed by atoms with Crippen LogP contribution in [0.2, 0.25) is 0 Å². The monoisotopic (exact) mass is 492 g/mol. The Hall–Kier alpha value is -3.00. The highest BCUT2D eigenvalue weighted by Gasteiger charge is 2.57. The van der Waals surface area contributed by atoms with Crippen molar-refractivity contribution in [1.82, 2.24) is 10.6 Å². The van der Waals surface area contributed by atoms with Crippen molar-refractivity contribution >= 4 is 47.2 Å². The lowest BCUT2D eigenvalue weighted by Gasteiger charge is -2.47. The number of carbonyl (C=O) groups is 5. The Balaban J connectivity index is 3.29. The Morgan fingerprint density at radius 3 is 2.03 bits per heavy atom. The van der Waals surface area contributed by atoms with Crippen molar-refractivity contribution in [3.63, 3.8) is 0 Å². The van der Waals surface area contributed by atoms with Gasteiger partial charge in [-0.25, -0.2) is 0 Å². The van der Waals surface area contributed by atoms with E-state index in [-0.39, 0.29) is 24.9 Å². The van der Waals surface area contributed by atoms with E-state index in [4.69, 9.17) is 40.6 Å². The second kappa shape index (κ2) is 12.9. The number of rotatable bonds is 9. The summed E-state index contributed by atoms with van der Waals surface area (Å²) in [6.07, 6.45) is -2.36. The standard InChI is InChI=1S/C19H28N2O11S/c1-10(22)27-7-6-20-18(33)21-17-16(31-13(4)25)15(30-12(3)24)8-29-19(17,32-14(5)26)9-28-11(2)23/h15-17H,6-9H2,1-5H3,(H2,20,21,33)/t15-,16-,17+,19+/m0/s1. The van der Waals surface area contributed by atoms with Crippen LogP contribution in [0.5, 0.6) is 0 Å². The smallest absolute Gasteiger partial charge is 0.305 e. The molecule has 0 saturated carbocycles. The lowest BCUT2D eigenvalue weighted by atomic mass is 9.93. The normalized spacial score (nSPS) is 24.0. The van der Waals surface area contributed by atoms with E-state index in [1.807, 2.05) is 0 Å². The molecule has 0 bridgehead atoms. The number of nitrogens with one attached hydrogen (secondary N) is 2. The van der Waals surface area contributed by atoms with Crippen molar-refractivity contribution in [3.05, 3.63) is 0 Å². The van der Waals surface area contributed by atoms with Crippen LogP contribution in [0.25, 0.3) is 0 Å². The first-order valence-corrected chi connectivity index (χ1v) is 10.3. The Kier molecular flexibility index (Phi) is 10.9. The van der Waals surface area contributed by atoms with Gasteiger partial charge in [0.2, 0.25) is 0 Å². The van der Waals surface area contributed by atoms with Crippen LogP contribution < -0.4 is 10.6 Å². The molecule has 33 heavy (non-hydrogen) atoms. The molecule has 1 heterocycles. The zero-order valence-corrected chi connectivity index (χ0v) is 19.8. The van der Waals surface area contributed by atoms with E-state index in [9.17, 15) is 24.0 Å². The van der Waals surface area contributed by atoms with E-state index < -0.39 is 60.5 Å². The van der Waals surface area contributed by atoms with Gasteiger partial charge in [0.1, 0.15) is 12.6 Å². The van der Waals surface area contributed by atoms with Gasteiger partial charge in [-0.05, 0) is 12.2 Å². The Labute approximate surface area is 195 Å². The molecule has 2 N–H and O–H groups in total. The fourth-order valence-electron chi connectivity index (χ4n) is 2.97. The van der Waals surface area contributed by atoms with Crippen LogP contribution in [0, 0.1) is 0 Å². The highest BCUT2D eigenvalue weighted by atomic mass is 32.1. The summed E-state index contributed by atoms with van der Waals surface area (Å²) in [7, 11) is 0. The van der Waals surface area contributed by atoms with Crippen molar-refractivity contribution in [3.8, 4) is 0 Å². The molecular formula is C19H28N2O11S. The summed E-state index contributed by atoms with van der Waals surface area (Å²) < 4.78 is 31.5. The second-order valence-corrected chi connectivity index (χ2v) is 7.34. The topological polar surface area (TPSA) is 165 Å². The molecule has 0 aromatic carbocycles. The quantitative estimate of drug-likeness (QED) is 0.176. The zero-order valence-electron chi connectivity index (χ0n) is 19.0. The molecule has 0 unspecified atom stereocenters. The van der Waals surface area contributed by atoms with Gasteiger partial charge in [0, 0.05) is 34.6 Å². The van der Waals surface area contributed by atoms with Crippen LogP contribution in [-0.2, 0) is 52.4 Å². The number of carbonyl (C=O) groups excluding carboxylic acids is 5. The summed E-state index contributed by atoms with van der Waals surface area (Å²) in [5.41, 5.74) is 0. The largest absolute Gasteiger partial charge is 0.464 e. The minimum absolute atomic E-state index is 0.00427. The van der Waals surface area contributed by atoms with Crippen LogP contribution in [0.1, 0.15) is 34.6 Å². The van der Waals surface area contributed by atoms with Crippen LogP contribution in [0.15, 0.2) is 0 Å². The molecule has 0 spiro atoms. The average molecular weight is 493 g/mol. The molecule has 0 aromatic heterocycles. The molecule has 0 radical (unpaired) electrons. The first-order chi connectivity index (χ1) is 15.4. The molecule has 1 aliphatic heterocycles.